The molecule has 34 heavy (non-hydrogen) atoms. The van der Waals surface area contributed by atoms with E-state index in [0.29, 0.717) is 29.1 Å². The van der Waals surface area contributed by atoms with Crippen molar-refractivity contribution in [3.8, 4) is 0 Å². The highest BCUT2D eigenvalue weighted by atomic mass is 16.5. The minimum atomic E-state index is -0.496. The fourth-order valence-electron chi connectivity index (χ4n) is 3.69. The second-order valence-corrected chi connectivity index (χ2v) is 8.27. The van der Waals surface area contributed by atoms with Gasteiger partial charge >= 0.3 is 11.9 Å². The summed E-state index contributed by atoms with van der Waals surface area (Å²) in [6.45, 7) is 4.44. The molecule has 0 aliphatic heterocycles. The Morgan fingerprint density at radius 1 is 1.00 bits per heavy atom. The van der Waals surface area contributed by atoms with E-state index in [2.05, 4.69) is 6.58 Å². The first kappa shape index (κ1) is 25.1. The molecule has 3 rings (SSSR count). The molecule has 1 aliphatic rings. The van der Waals surface area contributed by atoms with Crippen LogP contribution in [0, 0.1) is 0 Å². The molecule has 180 valence electrons. The molecular formula is C27H32N2O5. The quantitative estimate of drug-likeness (QED) is 0.173. The monoisotopic (exact) mass is 464 g/mol. The molecule has 0 amide bonds. The lowest BCUT2D eigenvalue weighted by molar-refractivity contribution is -0.138. The molecule has 7 heteroatoms. The SMILES string of the molecule is C=CCCOC1CCC(OC(=O)c2ccc(C=CC(=O)OCc3ccc(N)cc3N)cc2)CC1. The van der Waals surface area contributed by atoms with Crippen LogP contribution in [-0.4, -0.2) is 30.8 Å². The van der Waals surface area contributed by atoms with Crippen LogP contribution in [0.15, 0.2) is 61.2 Å². The number of ether oxygens (including phenoxy) is 3. The summed E-state index contributed by atoms with van der Waals surface area (Å²) in [5.41, 5.74) is 14.5. The third kappa shape index (κ3) is 7.78. The van der Waals surface area contributed by atoms with Gasteiger partial charge in [0.15, 0.2) is 0 Å². The van der Waals surface area contributed by atoms with E-state index in [0.717, 1.165) is 37.7 Å². The molecular weight excluding hydrogens is 432 g/mol. The molecule has 0 radical (unpaired) electrons. The topological polar surface area (TPSA) is 114 Å². The van der Waals surface area contributed by atoms with E-state index in [9.17, 15) is 9.59 Å². The van der Waals surface area contributed by atoms with Crippen LogP contribution >= 0.6 is 0 Å². The first-order chi connectivity index (χ1) is 16.4. The van der Waals surface area contributed by atoms with Crippen LogP contribution in [0.5, 0.6) is 0 Å². The van der Waals surface area contributed by atoms with Gasteiger partial charge in [-0.3, -0.25) is 0 Å². The van der Waals surface area contributed by atoms with E-state index >= 15 is 0 Å². The number of nitrogens with two attached hydrogens (primary N) is 2. The van der Waals surface area contributed by atoms with Gasteiger partial charge in [0.2, 0.25) is 0 Å². The van der Waals surface area contributed by atoms with Crippen molar-refractivity contribution in [2.75, 3.05) is 18.1 Å². The van der Waals surface area contributed by atoms with Gasteiger partial charge < -0.3 is 25.7 Å². The highest BCUT2D eigenvalue weighted by Gasteiger charge is 2.24. The molecule has 4 N–H and O–H groups in total. The lowest BCUT2D eigenvalue weighted by Gasteiger charge is -2.28. The number of esters is 2. The highest BCUT2D eigenvalue weighted by Crippen LogP contribution is 2.24. The number of benzene rings is 2. The van der Waals surface area contributed by atoms with Gasteiger partial charge in [0, 0.05) is 23.0 Å². The lowest BCUT2D eigenvalue weighted by Crippen LogP contribution is -2.28. The molecule has 0 spiro atoms. The van der Waals surface area contributed by atoms with Crippen molar-refractivity contribution in [2.45, 2.75) is 50.9 Å². The normalized spacial score (nSPS) is 17.9. The standard InChI is InChI=1S/C27H32N2O5/c1-2-3-16-32-23-11-13-24(14-12-23)34-27(31)20-7-4-19(5-8-20)6-15-26(30)33-18-21-9-10-22(28)17-25(21)29/h2,4-10,15,17,23-24H,1,3,11-14,16,18,28-29H2. The zero-order chi connectivity index (χ0) is 24.3. The zero-order valence-corrected chi connectivity index (χ0v) is 19.3. The summed E-state index contributed by atoms with van der Waals surface area (Å²) in [7, 11) is 0. The van der Waals surface area contributed by atoms with Gasteiger partial charge in [-0.1, -0.05) is 24.3 Å². The van der Waals surface area contributed by atoms with Gasteiger partial charge in [0.25, 0.3) is 0 Å². The second-order valence-electron chi connectivity index (χ2n) is 8.27. The minimum Gasteiger partial charge on any atom is -0.459 e. The van der Waals surface area contributed by atoms with Gasteiger partial charge in [-0.05, 0) is 68.0 Å². The first-order valence-corrected chi connectivity index (χ1v) is 11.5. The minimum absolute atomic E-state index is 0.0585. The molecule has 0 atom stereocenters. The molecule has 2 aromatic carbocycles. The van der Waals surface area contributed by atoms with E-state index in [4.69, 9.17) is 25.7 Å². The van der Waals surface area contributed by atoms with Crippen LogP contribution in [0.3, 0.4) is 0 Å². The Kier molecular flexibility index (Phi) is 9.29. The van der Waals surface area contributed by atoms with Crippen molar-refractivity contribution in [3.63, 3.8) is 0 Å². The van der Waals surface area contributed by atoms with Crippen molar-refractivity contribution in [1.29, 1.82) is 0 Å². The number of hydrogen-bond donors (Lipinski definition) is 2. The molecule has 0 unspecified atom stereocenters. The summed E-state index contributed by atoms with van der Waals surface area (Å²) in [6.07, 6.45) is 9.17. The smallest absolute Gasteiger partial charge is 0.338 e. The molecule has 0 aromatic heterocycles. The van der Waals surface area contributed by atoms with Crippen molar-refractivity contribution in [2.24, 2.45) is 0 Å². The van der Waals surface area contributed by atoms with E-state index in [1.54, 1.807) is 48.5 Å². The van der Waals surface area contributed by atoms with Crippen molar-refractivity contribution in [1.82, 2.24) is 0 Å². The van der Waals surface area contributed by atoms with Gasteiger partial charge in [0.1, 0.15) is 12.7 Å². The van der Waals surface area contributed by atoms with Gasteiger partial charge in [-0.25, -0.2) is 9.59 Å². The fourth-order valence-corrected chi connectivity index (χ4v) is 3.69. The molecule has 2 aromatic rings. The Hall–Kier alpha value is -3.58. The predicted octanol–water partition coefficient (Wildman–Crippen LogP) is 4.67. The Morgan fingerprint density at radius 3 is 2.38 bits per heavy atom. The van der Waals surface area contributed by atoms with Crippen LogP contribution in [-0.2, 0) is 25.6 Å². The Labute approximate surface area is 200 Å². The maximum absolute atomic E-state index is 12.5. The first-order valence-electron chi connectivity index (χ1n) is 11.5. The van der Waals surface area contributed by atoms with Crippen LogP contribution in [0.25, 0.3) is 6.08 Å². The van der Waals surface area contributed by atoms with Crippen LogP contribution in [0.2, 0.25) is 0 Å². The highest BCUT2D eigenvalue weighted by molar-refractivity contribution is 5.90. The summed E-state index contributed by atoms with van der Waals surface area (Å²) in [5, 5.41) is 0. The summed E-state index contributed by atoms with van der Waals surface area (Å²) < 4.78 is 16.7. The summed E-state index contributed by atoms with van der Waals surface area (Å²) >= 11 is 0. The van der Waals surface area contributed by atoms with E-state index < -0.39 is 5.97 Å². The fraction of sp³-hybridized carbons (Fsp3) is 0.333. The molecule has 1 saturated carbocycles. The number of rotatable bonds is 10. The Bertz CT molecular complexity index is 1010. The number of hydrogen-bond acceptors (Lipinski definition) is 7. The van der Waals surface area contributed by atoms with Gasteiger partial charge in [-0.2, -0.15) is 0 Å². The Balaban J connectivity index is 1.42. The molecule has 7 nitrogen and oxygen atoms in total. The number of nitrogen functional groups attached to an aromatic ring is 2. The lowest BCUT2D eigenvalue weighted by atomic mass is 9.95. The van der Waals surface area contributed by atoms with Crippen molar-refractivity contribution < 1.29 is 23.8 Å². The molecule has 1 aliphatic carbocycles. The maximum atomic E-state index is 12.5. The number of carbonyl (C=O) groups is 2. The van der Waals surface area contributed by atoms with Crippen LogP contribution in [0.1, 0.15) is 53.6 Å². The summed E-state index contributed by atoms with van der Waals surface area (Å²) in [5.74, 6) is -0.837. The Morgan fingerprint density at radius 2 is 1.71 bits per heavy atom. The molecule has 0 bridgehead atoms. The molecule has 1 fully saturated rings. The predicted molar refractivity (Wildman–Crippen MR) is 133 cm³/mol. The molecule has 0 heterocycles. The van der Waals surface area contributed by atoms with Crippen LogP contribution in [0.4, 0.5) is 11.4 Å². The second kappa shape index (κ2) is 12.6. The van der Waals surface area contributed by atoms with Gasteiger partial charge in [0.05, 0.1) is 18.3 Å². The molecule has 0 saturated heterocycles. The van der Waals surface area contributed by atoms with Crippen molar-refractivity contribution >= 4 is 29.4 Å². The average molecular weight is 465 g/mol. The summed E-state index contributed by atoms with van der Waals surface area (Å²) in [6, 6.07) is 11.9. The van der Waals surface area contributed by atoms with Crippen LogP contribution < -0.4 is 11.5 Å². The zero-order valence-electron chi connectivity index (χ0n) is 19.3. The average Bonchev–Trinajstić information content (AvgIpc) is 2.84. The maximum Gasteiger partial charge on any atom is 0.338 e. The third-order valence-corrected chi connectivity index (χ3v) is 5.67. The number of anilines is 2. The van der Waals surface area contributed by atoms with Gasteiger partial charge in [-0.15, -0.1) is 6.58 Å². The van der Waals surface area contributed by atoms with Crippen molar-refractivity contribution in [3.05, 3.63) is 77.9 Å². The number of carbonyl (C=O) groups excluding carboxylic acids is 2. The van der Waals surface area contributed by atoms with E-state index in [-0.39, 0.29) is 24.8 Å². The van der Waals surface area contributed by atoms with E-state index in [1.165, 1.54) is 6.08 Å². The van der Waals surface area contributed by atoms with E-state index in [1.807, 2.05) is 6.08 Å². The summed E-state index contributed by atoms with van der Waals surface area (Å²) in [4.78, 5) is 24.5. The largest absolute Gasteiger partial charge is 0.459 e. The third-order valence-electron chi connectivity index (χ3n) is 5.67.